The highest BCUT2D eigenvalue weighted by molar-refractivity contribution is 6.36. The van der Waals surface area contributed by atoms with Gasteiger partial charge in [0.25, 0.3) is 5.91 Å². The number of carbonyl (C=O) groups is 1. The highest BCUT2D eigenvalue weighted by Gasteiger charge is 2.34. The van der Waals surface area contributed by atoms with Crippen LogP contribution < -0.4 is 5.73 Å². The molecule has 24 heavy (non-hydrogen) atoms. The molecule has 1 aromatic heterocycles. The van der Waals surface area contributed by atoms with Crippen LogP contribution in [0.3, 0.4) is 0 Å². The molecule has 2 aromatic rings. The van der Waals surface area contributed by atoms with E-state index < -0.39 is 6.04 Å². The second-order valence-corrected chi connectivity index (χ2v) is 6.97. The summed E-state index contributed by atoms with van der Waals surface area (Å²) in [6.07, 6.45) is 3.67. The van der Waals surface area contributed by atoms with Crippen molar-refractivity contribution in [1.82, 2.24) is 9.88 Å². The normalized spacial score (nSPS) is 17.1. The van der Waals surface area contributed by atoms with Crippen LogP contribution in [0.2, 0.25) is 10.0 Å². The summed E-state index contributed by atoms with van der Waals surface area (Å²) in [5.41, 5.74) is 5.40. The van der Waals surface area contributed by atoms with E-state index in [1.807, 2.05) is 11.8 Å². The fourth-order valence-electron chi connectivity index (χ4n) is 2.88. The Morgan fingerprint density at radius 2 is 2.04 bits per heavy atom. The van der Waals surface area contributed by atoms with Gasteiger partial charge in [-0.3, -0.25) is 4.79 Å². The number of likely N-dealkylation sites (tertiary alicyclic amines) is 1. The Labute approximate surface area is 150 Å². The third kappa shape index (κ3) is 3.43. The molecule has 1 amide bonds. The zero-order valence-electron chi connectivity index (χ0n) is 13.5. The smallest absolute Gasteiger partial charge is 0.281 e. The fraction of sp³-hybridized carbons (Fsp3) is 0.412. The number of halogens is 2. The molecule has 3 N–H and O–H groups in total. The molecule has 1 fully saturated rings. The maximum atomic E-state index is 12.5. The first-order valence-electron chi connectivity index (χ1n) is 8.00. The van der Waals surface area contributed by atoms with Crippen molar-refractivity contribution in [2.45, 2.75) is 31.7 Å². The van der Waals surface area contributed by atoms with Crippen LogP contribution >= 0.6 is 23.2 Å². The molecule has 1 aliphatic heterocycles. The number of oxazole rings is 1. The van der Waals surface area contributed by atoms with Crippen LogP contribution in [0.15, 0.2) is 28.9 Å². The molecular weight excluding hydrogens is 349 g/mol. The number of nitrogens with zero attached hydrogens (tertiary/aromatic N) is 2. The fourth-order valence-corrected chi connectivity index (χ4v) is 3.38. The molecule has 0 unspecified atom stereocenters. The standard InChI is InChI=1S/C17H19Cl2N3O2/c1-10(15(20)17(23)22-6-2-3-7-22)16-21-14(9-24-16)12-5-4-11(18)8-13(12)19/h4-5,8-10,15H,2-3,6-7,20H2,1H3/p+1/t10-,15-/m0/s1. The van der Waals surface area contributed by atoms with Gasteiger partial charge in [-0.2, -0.15) is 0 Å². The summed E-state index contributed by atoms with van der Waals surface area (Å²) in [6.45, 7) is 3.54. The molecule has 0 radical (unpaired) electrons. The number of hydrogen-bond acceptors (Lipinski definition) is 3. The summed E-state index contributed by atoms with van der Waals surface area (Å²) in [4.78, 5) is 18.9. The van der Waals surface area contributed by atoms with Crippen LogP contribution in [0.25, 0.3) is 11.3 Å². The lowest BCUT2D eigenvalue weighted by atomic mass is 10.0. The van der Waals surface area contributed by atoms with E-state index >= 15 is 0 Å². The molecule has 3 rings (SSSR count). The largest absolute Gasteiger partial charge is 0.448 e. The van der Waals surface area contributed by atoms with Crippen LogP contribution in [-0.4, -0.2) is 34.9 Å². The van der Waals surface area contributed by atoms with Crippen LogP contribution in [0.5, 0.6) is 0 Å². The number of amides is 1. The first kappa shape index (κ1) is 17.3. The monoisotopic (exact) mass is 368 g/mol. The van der Waals surface area contributed by atoms with Gasteiger partial charge in [-0.15, -0.1) is 0 Å². The minimum Gasteiger partial charge on any atom is -0.448 e. The van der Waals surface area contributed by atoms with E-state index in [0.717, 1.165) is 31.5 Å². The molecule has 1 aliphatic rings. The Balaban J connectivity index is 1.77. The molecule has 0 aliphatic carbocycles. The van der Waals surface area contributed by atoms with Gasteiger partial charge in [0.05, 0.1) is 10.9 Å². The Morgan fingerprint density at radius 1 is 1.33 bits per heavy atom. The van der Waals surface area contributed by atoms with Crippen molar-refractivity contribution in [3.63, 3.8) is 0 Å². The summed E-state index contributed by atoms with van der Waals surface area (Å²) in [5, 5.41) is 1.07. The average Bonchev–Trinajstić information content (AvgIpc) is 3.24. The Bertz CT molecular complexity index is 741. The maximum Gasteiger partial charge on any atom is 0.281 e. The zero-order chi connectivity index (χ0) is 17.3. The quantitative estimate of drug-likeness (QED) is 0.901. The SMILES string of the molecule is C[C@H](c1nc(-c2ccc(Cl)cc2Cl)co1)[C@H]([NH3+])C(=O)N1CCCC1. The van der Waals surface area contributed by atoms with Crippen LogP contribution in [0.1, 0.15) is 31.6 Å². The van der Waals surface area contributed by atoms with E-state index in [4.69, 9.17) is 27.6 Å². The molecule has 1 aromatic carbocycles. The van der Waals surface area contributed by atoms with E-state index in [1.165, 1.54) is 0 Å². The first-order valence-corrected chi connectivity index (χ1v) is 8.75. The third-order valence-electron chi connectivity index (χ3n) is 4.46. The molecular formula is C17H20Cl2N3O2+. The van der Waals surface area contributed by atoms with Gasteiger partial charge < -0.3 is 15.1 Å². The predicted octanol–water partition coefficient (Wildman–Crippen LogP) is 2.98. The predicted molar refractivity (Wildman–Crippen MR) is 92.9 cm³/mol. The molecule has 0 bridgehead atoms. The number of rotatable bonds is 4. The molecule has 128 valence electrons. The highest BCUT2D eigenvalue weighted by atomic mass is 35.5. The molecule has 0 spiro atoms. The van der Waals surface area contributed by atoms with Gasteiger partial charge in [0.15, 0.2) is 6.04 Å². The molecule has 1 saturated heterocycles. The van der Waals surface area contributed by atoms with Gasteiger partial charge in [-0.05, 0) is 38.0 Å². The van der Waals surface area contributed by atoms with Gasteiger partial charge in [-0.25, -0.2) is 4.98 Å². The number of quaternary nitrogens is 1. The molecule has 2 atom stereocenters. The van der Waals surface area contributed by atoms with Crippen molar-refractivity contribution in [3.8, 4) is 11.3 Å². The van der Waals surface area contributed by atoms with Gasteiger partial charge in [-0.1, -0.05) is 23.2 Å². The molecule has 0 saturated carbocycles. The Morgan fingerprint density at radius 3 is 2.71 bits per heavy atom. The van der Waals surface area contributed by atoms with Gasteiger partial charge in [0.1, 0.15) is 12.0 Å². The van der Waals surface area contributed by atoms with E-state index in [-0.39, 0.29) is 11.8 Å². The number of hydrogen-bond donors (Lipinski definition) is 1. The van der Waals surface area contributed by atoms with E-state index in [0.29, 0.717) is 21.6 Å². The summed E-state index contributed by atoms with van der Waals surface area (Å²) in [7, 11) is 0. The number of benzene rings is 1. The van der Waals surface area contributed by atoms with E-state index in [1.54, 1.807) is 24.5 Å². The topological polar surface area (TPSA) is 74.0 Å². The van der Waals surface area contributed by atoms with Gasteiger partial charge in [0.2, 0.25) is 5.89 Å². The van der Waals surface area contributed by atoms with Crippen molar-refractivity contribution >= 4 is 29.1 Å². The summed E-state index contributed by atoms with van der Waals surface area (Å²) >= 11 is 12.1. The van der Waals surface area contributed by atoms with Gasteiger partial charge >= 0.3 is 0 Å². The van der Waals surface area contributed by atoms with Crippen molar-refractivity contribution in [1.29, 1.82) is 0 Å². The molecule has 5 nitrogen and oxygen atoms in total. The zero-order valence-corrected chi connectivity index (χ0v) is 15.0. The van der Waals surface area contributed by atoms with Crippen molar-refractivity contribution < 1.29 is 14.9 Å². The lowest BCUT2D eigenvalue weighted by Crippen LogP contribution is -2.69. The third-order valence-corrected chi connectivity index (χ3v) is 5.00. The summed E-state index contributed by atoms with van der Waals surface area (Å²) in [6, 6.07) is 4.79. The number of carbonyl (C=O) groups excluding carboxylic acids is 1. The average molecular weight is 369 g/mol. The lowest BCUT2D eigenvalue weighted by Gasteiger charge is -2.20. The van der Waals surface area contributed by atoms with Crippen molar-refractivity contribution in [2.75, 3.05) is 13.1 Å². The minimum atomic E-state index is -0.421. The van der Waals surface area contributed by atoms with Crippen LogP contribution in [-0.2, 0) is 4.79 Å². The Kier molecular flexibility index (Phi) is 5.13. The first-order chi connectivity index (χ1) is 11.5. The van der Waals surface area contributed by atoms with Crippen LogP contribution in [0.4, 0.5) is 0 Å². The lowest BCUT2D eigenvalue weighted by molar-refractivity contribution is -0.411. The molecule has 2 heterocycles. The van der Waals surface area contributed by atoms with Crippen molar-refractivity contribution in [2.24, 2.45) is 0 Å². The summed E-state index contributed by atoms with van der Waals surface area (Å²) in [5.74, 6) is 0.339. The Hall–Kier alpha value is -1.56. The van der Waals surface area contributed by atoms with E-state index in [2.05, 4.69) is 10.7 Å². The number of aromatic nitrogens is 1. The van der Waals surface area contributed by atoms with E-state index in [9.17, 15) is 4.79 Å². The van der Waals surface area contributed by atoms with Crippen LogP contribution in [0, 0.1) is 0 Å². The van der Waals surface area contributed by atoms with Crippen molar-refractivity contribution in [3.05, 3.63) is 40.4 Å². The minimum absolute atomic E-state index is 0.0595. The second-order valence-electron chi connectivity index (χ2n) is 6.12. The van der Waals surface area contributed by atoms with Gasteiger partial charge in [0, 0.05) is 23.7 Å². The second kappa shape index (κ2) is 7.13. The highest BCUT2D eigenvalue weighted by Crippen LogP contribution is 2.31. The summed E-state index contributed by atoms with van der Waals surface area (Å²) < 4.78 is 5.59. The maximum absolute atomic E-state index is 12.5. The molecule has 7 heteroatoms.